The van der Waals surface area contributed by atoms with Gasteiger partial charge in [0.1, 0.15) is 5.69 Å². The topological polar surface area (TPSA) is 46.9 Å². The van der Waals surface area contributed by atoms with Crippen LogP contribution in [0.3, 0.4) is 0 Å². The Bertz CT molecular complexity index is 1070. The van der Waals surface area contributed by atoms with Crippen LogP contribution in [0.5, 0.6) is 0 Å². The number of fused-ring (bicyclic) bond motifs is 1. The number of nitrogens with one attached hydrogen (secondary N) is 1. The summed E-state index contributed by atoms with van der Waals surface area (Å²) in [6.07, 6.45) is -0.953. The van der Waals surface area contributed by atoms with E-state index in [9.17, 15) is 13.6 Å². The predicted octanol–water partition coefficient (Wildman–Crippen LogP) is 4.71. The van der Waals surface area contributed by atoms with Crippen molar-refractivity contribution in [2.24, 2.45) is 7.05 Å². The van der Waals surface area contributed by atoms with Crippen LogP contribution < -0.4 is 5.32 Å². The van der Waals surface area contributed by atoms with Gasteiger partial charge in [0.2, 0.25) is 0 Å². The molecule has 3 aromatic rings. The van der Waals surface area contributed by atoms with Crippen molar-refractivity contribution in [2.75, 3.05) is 0 Å². The molecule has 1 heterocycles. The molecule has 0 bridgehead atoms. The monoisotopic (exact) mass is 373 g/mol. The highest BCUT2D eigenvalue weighted by Gasteiger charge is 2.30. The Hall–Kier alpha value is -2.73. The molecule has 1 N–H and O–H groups in total. The number of amides is 1. The van der Waals surface area contributed by atoms with Gasteiger partial charge in [-0.25, -0.2) is 8.78 Å². The Balaban J connectivity index is 1.67. The fourth-order valence-electron chi connectivity index (χ4n) is 3.09. The number of hydrogen-bond acceptors (Lipinski definition) is 2. The first kappa shape index (κ1) is 16.7. The van der Waals surface area contributed by atoms with Crippen molar-refractivity contribution in [1.29, 1.82) is 0 Å². The fourth-order valence-corrected chi connectivity index (χ4v) is 3.37. The number of carbonyl (C=O) groups excluding carboxylic acids is 1. The van der Waals surface area contributed by atoms with Crippen LogP contribution >= 0.6 is 11.6 Å². The summed E-state index contributed by atoms with van der Waals surface area (Å²) in [5.74, 6) is -0.588. The SMILES string of the molecule is Cn1cc(C(=O)NC2=C(c3c(Cl)ccc4ccccc34)C2)c(C(F)F)n1. The molecule has 132 valence electrons. The van der Waals surface area contributed by atoms with E-state index in [-0.39, 0.29) is 5.56 Å². The third-order valence-corrected chi connectivity index (χ3v) is 4.66. The first-order valence-electron chi connectivity index (χ1n) is 7.98. The van der Waals surface area contributed by atoms with E-state index in [4.69, 9.17) is 11.6 Å². The number of halogens is 3. The summed E-state index contributed by atoms with van der Waals surface area (Å²) in [5, 5.41) is 9.01. The molecule has 0 fully saturated rings. The second kappa shape index (κ2) is 6.21. The van der Waals surface area contributed by atoms with Crippen molar-refractivity contribution >= 4 is 33.9 Å². The van der Waals surface area contributed by atoms with Crippen molar-refractivity contribution < 1.29 is 13.6 Å². The minimum atomic E-state index is -2.81. The zero-order valence-electron chi connectivity index (χ0n) is 13.8. The van der Waals surface area contributed by atoms with Gasteiger partial charge in [-0.3, -0.25) is 9.48 Å². The summed E-state index contributed by atoms with van der Waals surface area (Å²) >= 11 is 6.37. The quantitative estimate of drug-likeness (QED) is 0.720. The number of aromatic nitrogens is 2. The highest BCUT2D eigenvalue weighted by molar-refractivity contribution is 6.34. The smallest absolute Gasteiger partial charge is 0.282 e. The van der Waals surface area contributed by atoms with Gasteiger partial charge < -0.3 is 5.32 Å². The molecule has 1 amide bonds. The number of allylic oxidation sites excluding steroid dienone is 2. The van der Waals surface area contributed by atoms with E-state index in [0.717, 1.165) is 21.9 Å². The second-order valence-corrected chi connectivity index (χ2v) is 6.54. The standard InChI is InChI=1S/C19H14ClF2N3O/c1-25-9-13(17(24-25)18(21)22)19(26)23-15-8-12(15)16-11-5-3-2-4-10(11)6-7-14(16)20/h2-7,9,18H,8H2,1H3,(H,23,26). The van der Waals surface area contributed by atoms with E-state index in [1.807, 2.05) is 36.4 Å². The van der Waals surface area contributed by atoms with Crippen LogP contribution in [0.15, 0.2) is 48.3 Å². The van der Waals surface area contributed by atoms with Crippen LogP contribution in [0.25, 0.3) is 16.3 Å². The van der Waals surface area contributed by atoms with Gasteiger partial charge in [0.15, 0.2) is 0 Å². The first-order chi connectivity index (χ1) is 12.5. The minimum Gasteiger partial charge on any atom is -0.325 e. The number of rotatable bonds is 4. The summed E-state index contributed by atoms with van der Waals surface area (Å²) in [6.45, 7) is 0. The van der Waals surface area contributed by atoms with Gasteiger partial charge in [0, 0.05) is 35.9 Å². The van der Waals surface area contributed by atoms with Gasteiger partial charge in [-0.15, -0.1) is 0 Å². The van der Waals surface area contributed by atoms with Crippen LogP contribution in [0.2, 0.25) is 5.02 Å². The predicted molar refractivity (Wildman–Crippen MR) is 96.1 cm³/mol. The second-order valence-electron chi connectivity index (χ2n) is 6.13. The number of alkyl halides is 2. The lowest BCUT2D eigenvalue weighted by atomic mass is 10.0. The van der Waals surface area contributed by atoms with Crippen molar-refractivity contribution in [3.63, 3.8) is 0 Å². The fraction of sp³-hybridized carbons (Fsp3) is 0.158. The molecule has 7 heteroatoms. The highest BCUT2D eigenvalue weighted by Crippen LogP contribution is 2.44. The lowest BCUT2D eigenvalue weighted by molar-refractivity contribution is 0.0952. The average molecular weight is 374 g/mol. The molecule has 0 spiro atoms. The maximum Gasteiger partial charge on any atom is 0.282 e. The zero-order chi connectivity index (χ0) is 18.4. The molecule has 1 aliphatic rings. The molecule has 1 aliphatic carbocycles. The van der Waals surface area contributed by atoms with Gasteiger partial charge in [-0.2, -0.15) is 5.10 Å². The van der Waals surface area contributed by atoms with Gasteiger partial charge in [0.25, 0.3) is 12.3 Å². The minimum absolute atomic E-state index is 0.120. The molecule has 0 radical (unpaired) electrons. The molecule has 2 aromatic carbocycles. The zero-order valence-corrected chi connectivity index (χ0v) is 14.5. The average Bonchev–Trinajstić information content (AvgIpc) is 3.23. The van der Waals surface area contributed by atoms with Gasteiger partial charge >= 0.3 is 0 Å². The van der Waals surface area contributed by atoms with Crippen LogP contribution in [-0.4, -0.2) is 15.7 Å². The van der Waals surface area contributed by atoms with E-state index >= 15 is 0 Å². The summed E-state index contributed by atoms with van der Waals surface area (Å²) in [5.41, 5.74) is 1.85. The van der Waals surface area contributed by atoms with Crippen molar-refractivity contribution in [3.05, 3.63) is 70.1 Å². The Labute approximate surface area is 153 Å². The molecule has 0 saturated heterocycles. The lowest BCUT2D eigenvalue weighted by Crippen LogP contribution is -2.19. The van der Waals surface area contributed by atoms with Gasteiger partial charge in [0.05, 0.1) is 5.56 Å². The maximum absolute atomic E-state index is 13.0. The lowest BCUT2D eigenvalue weighted by Gasteiger charge is -2.05. The number of carbonyl (C=O) groups is 1. The van der Waals surface area contributed by atoms with Crippen LogP contribution in [0, 0.1) is 0 Å². The molecule has 26 heavy (non-hydrogen) atoms. The highest BCUT2D eigenvalue weighted by atomic mass is 35.5. The van der Waals surface area contributed by atoms with Gasteiger partial charge in [-0.1, -0.05) is 41.9 Å². The van der Waals surface area contributed by atoms with Crippen molar-refractivity contribution in [1.82, 2.24) is 15.1 Å². The molecule has 4 rings (SSSR count). The van der Waals surface area contributed by atoms with Crippen molar-refractivity contribution in [2.45, 2.75) is 12.8 Å². The number of benzene rings is 2. The molecular formula is C19H14ClF2N3O. The summed E-state index contributed by atoms with van der Waals surface area (Å²) in [7, 11) is 1.50. The molecule has 0 saturated carbocycles. The normalized spacial score (nSPS) is 13.6. The molecule has 4 nitrogen and oxygen atoms in total. The molecule has 0 unspecified atom stereocenters. The number of hydrogen-bond donors (Lipinski definition) is 1. The number of aryl methyl sites for hydroxylation is 1. The molecule has 1 aromatic heterocycles. The molecule has 0 aliphatic heterocycles. The Morgan fingerprint density at radius 1 is 1.27 bits per heavy atom. The first-order valence-corrected chi connectivity index (χ1v) is 8.36. The van der Waals surface area contributed by atoms with Crippen LogP contribution in [0.1, 0.15) is 34.5 Å². The third kappa shape index (κ3) is 2.86. The summed E-state index contributed by atoms with van der Waals surface area (Å²) in [6, 6.07) is 11.6. The Morgan fingerprint density at radius 3 is 2.81 bits per heavy atom. The van der Waals surface area contributed by atoms with Crippen LogP contribution in [-0.2, 0) is 7.05 Å². The van der Waals surface area contributed by atoms with E-state index in [1.54, 1.807) is 0 Å². The summed E-state index contributed by atoms with van der Waals surface area (Å²) in [4.78, 5) is 12.4. The van der Waals surface area contributed by atoms with Crippen molar-refractivity contribution in [3.8, 4) is 0 Å². The maximum atomic E-state index is 13.0. The third-order valence-electron chi connectivity index (χ3n) is 4.35. The largest absolute Gasteiger partial charge is 0.325 e. The van der Waals surface area contributed by atoms with E-state index in [0.29, 0.717) is 17.1 Å². The van der Waals surface area contributed by atoms with E-state index in [1.165, 1.54) is 17.9 Å². The van der Waals surface area contributed by atoms with E-state index in [2.05, 4.69) is 10.4 Å². The van der Waals surface area contributed by atoms with Gasteiger partial charge in [-0.05, 0) is 22.4 Å². The summed E-state index contributed by atoms with van der Waals surface area (Å²) < 4.78 is 27.3. The Kier molecular flexibility index (Phi) is 4.00. The molecular weight excluding hydrogens is 360 g/mol. The molecule has 0 atom stereocenters. The Morgan fingerprint density at radius 2 is 2.04 bits per heavy atom. The van der Waals surface area contributed by atoms with E-state index < -0.39 is 18.0 Å². The van der Waals surface area contributed by atoms with Crippen LogP contribution in [0.4, 0.5) is 8.78 Å². The number of nitrogens with zero attached hydrogens (tertiary/aromatic N) is 2.